The minimum Gasteiger partial charge on any atom is -0.478 e. The zero-order valence-corrected chi connectivity index (χ0v) is 12.9. The molecule has 0 fully saturated rings. The smallest absolute Gasteiger partial charge is 0.339 e. The lowest BCUT2D eigenvalue weighted by Gasteiger charge is -2.15. The van der Waals surface area contributed by atoms with Crippen LogP contribution in [-0.2, 0) is 13.6 Å². The van der Waals surface area contributed by atoms with Gasteiger partial charge in [-0.3, -0.25) is 4.68 Å². The molecule has 2 aromatic rings. The van der Waals surface area contributed by atoms with Crippen LogP contribution in [0.15, 0.2) is 34.9 Å². The second kappa shape index (κ2) is 6.19. The fraction of sp³-hybridized carbons (Fsp3) is 0.286. The molecule has 2 N–H and O–H groups in total. The van der Waals surface area contributed by atoms with Crippen LogP contribution < -0.4 is 5.32 Å². The van der Waals surface area contributed by atoms with Gasteiger partial charge in [0.15, 0.2) is 0 Å². The molecule has 1 heterocycles. The second-order valence-electron chi connectivity index (χ2n) is 4.59. The zero-order chi connectivity index (χ0) is 14.7. The van der Waals surface area contributed by atoms with E-state index in [4.69, 9.17) is 5.11 Å². The van der Waals surface area contributed by atoms with Crippen molar-refractivity contribution in [2.45, 2.75) is 19.5 Å². The summed E-state index contributed by atoms with van der Waals surface area (Å²) in [5.41, 5.74) is 2.05. The summed E-state index contributed by atoms with van der Waals surface area (Å²) in [7, 11) is 1.74. The Bertz CT molecular complexity index is 607. The molecule has 0 bridgehead atoms. The van der Waals surface area contributed by atoms with Crippen molar-refractivity contribution in [3.8, 4) is 0 Å². The van der Waals surface area contributed by atoms with Crippen molar-refractivity contribution < 1.29 is 9.90 Å². The molecule has 2 rings (SSSR count). The molecule has 0 aliphatic heterocycles. The Hall–Kier alpha value is -1.66. The van der Waals surface area contributed by atoms with Gasteiger partial charge in [-0.05, 0) is 24.6 Å². The standard InChI is InChI=1S/C14H16BrN3O2/c1-9(10-3-5-11(15)6-4-10)16-8-13-12(14(19)20)7-17-18(13)2/h3-7,9,16H,8H2,1-2H3,(H,19,20)/t9-/m1/s1. The molecule has 5 nitrogen and oxygen atoms in total. The van der Waals surface area contributed by atoms with E-state index in [-0.39, 0.29) is 11.6 Å². The summed E-state index contributed by atoms with van der Waals surface area (Å²) in [6.45, 7) is 2.50. The van der Waals surface area contributed by atoms with Crippen molar-refractivity contribution >= 4 is 21.9 Å². The summed E-state index contributed by atoms with van der Waals surface area (Å²) in [5.74, 6) is -0.953. The van der Waals surface area contributed by atoms with Crippen LogP contribution in [-0.4, -0.2) is 20.9 Å². The summed E-state index contributed by atoms with van der Waals surface area (Å²) in [6.07, 6.45) is 1.38. The molecule has 0 aliphatic rings. The number of halogens is 1. The number of rotatable bonds is 5. The third-order valence-electron chi connectivity index (χ3n) is 3.24. The minimum absolute atomic E-state index is 0.125. The highest BCUT2D eigenvalue weighted by atomic mass is 79.9. The van der Waals surface area contributed by atoms with E-state index < -0.39 is 5.97 Å². The largest absolute Gasteiger partial charge is 0.478 e. The zero-order valence-electron chi connectivity index (χ0n) is 11.3. The normalized spacial score (nSPS) is 12.3. The quantitative estimate of drug-likeness (QED) is 0.880. The van der Waals surface area contributed by atoms with E-state index in [1.165, 1.54) is 6.20 Å². The summed E-state index contributed by atoms with van der Waals surface area (Å²) in [4.78, 5) is 11.1. The molecule has 1 atom stereocenters. The van der Waals surface area contributed by atoms with Gasteiger partial charge in [0.05, 0.1) is 11.9 Å². The summed E-state index contributed by atoms with van der Waals surface area (Å²) in [6, 6.07) is 8.16. The van der Waals surface area contributed by atoms with Crippen LogP contribution in [0.25, 0.3) is 0 Å². The number of aromatic carboxylic acids is 1. The molecular formula is C14H16BrN3O2. The molecule has 1 aromatic carbocycles. The van der Waals surface area contributed by atoms with Crippen molar-refractivity contribution in [1.29, 1.82) is 0 Å². The number of benzene rings is 1. The molecule has 0 saturated carbocycles. The molecule has 0 aliphatic carbocycles. The predicted octanol–water partition coefficient (Wildman–Crippen LogP) is 2.73. The monoisotopic (exact) mass is 337 g/mol. The average Bonchev–Trinajstić information content (AvgIpc) is 2.78. The number of hydrogen-bond acceptors (Lipinski definition) is 3. The number of nitrogens with zero attached hydrogens (tertiary/aromatic N) is 2. The first kappa shape index (κ1) is 14.7. The molecule has 6 heteroatoms. The highest BCUT2D eigenvalue weighted by Crippen LogP contribution is 2.17. The molecular weight excluding hydrogens is 322 g/mol. The number of carboxylic acids is 1. The third-order valence-corrected chi connectivity index (χ3v) is 3.77. The Labute approximate surface area is 125 Å². The van der Waals surface area contributed by atoms with Gasteiger partial charge in [0.2, 0.25) is 0 Å². The van der Waals surface area contributed by atoms with Gasteiger partial charge in [-0.15, -0.1) is 0 Å². The van der Waals surface area contributed by atoms with E-state index in [1.54, 1.807) is 11.7 Å². The van der Waals surface area contributed by atoms with Crippen LogP contribution in [0.2, 0.25) is 0 Å². The maximum absolute atomic E-state index is 11.1. The number of carboxylic acid groups (broad SMARTS) is 1. The number of aromatic nitrogens is 2. The Morgan fingerprint density at radius 2 is 2.10 bits per heavy atom. The molecule has 20 heavy (non-hydrogen) atoms. The summed E-state index contributed by atoms with van der Waals surface area (Å²) < 4.78 is 2.62. The van der Waals surface area contributed by atoms with E-state index in [0.717, 1.165) is 10.0 Å². The van der Waals surface area contributed by atoms with E-state index in [2.05, 4.69) is 26.3 Å². The lowest BCUT2D eigenvalue weighted by Crippen LogP contribution is -2.21. The fourth-order valence-corrected chi connectivity index (χ4v) is 2.23. The molecule has 0 unspecified atom stereocenters. The maximum Gasteiger partial charge on any atom is 0.339 e. The SMILES string of the molecule is C[C@@H](NCc1c(C(=O)O)cnn1C)c1ccc(Br)cc1. The number of hydrogen-bond donors (Lipinski definition) is 2. The fourth-order valence-electron chi connectivity index (χ4n) is 1.97. The first-order valence-electron chi connectivity index (χ1n) is 6.22. The van der Waals surface area contributed by atoms with Gasteiger partial charge in [-0.2, -0.15) is 5.10 Å². The first-order valence-corrected chi connectivity index (χ1v) is 7.01. The summed E-state index contributed by atoms with van der Waals surface area (Å²) in [5, 5.41) is 16.4. The van der Waals surface area contributed by atoms with Crippen LogP contribution in [0.4, 0.5) is 0 Å². The highest BCUT2D eigenvalue weighted by Gasteiger charge is 2.15. The molecule has 0 radical (unpaired) electrons. The molecule has 0 spiro atoms. The van der Waals surface area contributed by atoms with Crippen molar-refractivity contribution in [2.24, 2.45) is 7.05 Å². The lowest BCUT2D eigenvalue weighted by atomic mass is 10.1. The molecule has 0 amide bonds. The van der Waals surface area contributed by atoms with Gasteiger partial charge in [-0.25, -0.2) is 4.79 Å². The van der Waals surface area contributed by atoms with Crippen molar-refractivity contribution in [3.05, 3.63) is 51.8 Å². The lowest BCUT2D eigenvalue weighted by molar-refractivity contribution is 0.0695. The van der Waals surface area contributed by atoms with Gasteiger partial charge in [0.1, 0.15) is 5.56 Å². The first-order chi connectivity index (χ1) is 9.49. The van der Waals surface area contributed by atoms with E-state index >= 15 is 0 Å². The number of aryl methyl sites for hydroxylation is 1. The Kier molecular flexibility index (Phi) is 4.57. The van der Waals surface area contributed by atoms with Crippen LogP contribution in [0, 0.1) is 0 Å². The van der Waals surface area contributed by atoms with Gasteiger partial charge < -0.3 is 10.4 Å². The maximum atomic E-state index is 11.1. The minimum atomic E-state index is -0.953. The van der Waals surface area contributed by atoms with Crippen LogP contribution in [0.5, 0.6) is 0 Å². The van der Waals surface area contributed by atoms with Crippen molar-refractivity contribution in [2.75, 3.05) is 0 Å². The summed E-state index contributed by atoms with van der Waals surface area (Å²) >= 11 is 3.40. The topological polar surface area (TPSA) is 67.2 Å². The molecule has 106 valence electrons. The van der Waals surface area contributed by atoms with E-state index in [1.807, 2.05) is 31.2 Å². The van der Waals surface area contributed by atoms with E-state index in [0.29, 0.717) is 12.2 Å². The average molecular weight is 338 g/mol. The van der Waals surface area contributed by atoms with Gasteiger partial charge in [0.25, 0.3) is 0 Å². The molecule has 1 aromatic heterocycles. The van der Waals surface area contributed by atoms with Gasteiger partial charge in [-0.1, -0.05) is 28.1 Å². The number of carbonyl (C=O) groups is 1. The highest BCUT2D eigenvalue weighted by molar-refractivity contribution is 9.10. The van der Waals surface area contributed by atoms with Crippen LogP contribution in [0.1, 0.15) is 34.6 Å². The van der Waals surface area contributed by atoms with Crippen LogP contribution >= 0.6 is 15.9 Å². The second-order valence-corrected chi connectivity index (χ2v) is 5.50. The van der Waals surface area contributed by atoms with E-state index in [9.17, 15) is 4.79 Å². The van der Waals surface area contributed by atoms with Gasteiger partial charge in [0, 0.05) is 24.1 Å². The Balaban J connectivity index is 2.07. The van der Waals surface area contributed by atoms with Crippen molar-refractivity contribution in [1.82, 2.24) is 15.1 Å². The van der Waals surface area contributed by atoms with Crippen molar-refractivity contribution in [3.63, 3.8) is 0 Å². The van der Waals surface area contributed by atoms with Crippen LogP contribution in [0.3, 0.4) is 0 Å². The third kappa shape index (κ3) is 3.26. The predicted molar refractivity (Wildman–Crippen MR) is 79.6 cm³/mol. The Morgan fingerprint density at radius 1 is 1.45 bits per heavy atom. The Morgan fingerprint density at radius 3 is 2.70 bits per heavy atom. The molecule has 0 saturated heterocycles. The van der Waals surface area contributed by atoms with Gasteiger partial charge >= 0.3 is 5.97 Å². The number of nitrogens with one attached hydrogen (secondary N) is 1.